The number of ether oxygens (including phenoxy) is 2. The molecule has 3 aliphatic heterocycles. The first-order valence-electron chi connectivity index (χ1n) is 11.8. The van der Waals surface area contributed by atoms with Gasteiger partial charge in [0.1, 0.15) is 11.4 Å². The number of hydrogen-bond donors (Lipinski definition) is 0. The van der Waals surface area contributed by atoms with Crippen molar-refractivity contribution in [3.63, 3.8) is 0 Å². The fraction of sp³-hybridized carbons (Fsp3) is 0.625. The minimum atomic E-state index is -0.470. The molecule has 8 nitrogen and oxygen atoms in total. The monoisotopic (exact) mass is 473 g/mol. The normalized spacial score (nSPS) is 23.9. The number of fused-ring (bicyclic) bond motifs is 3. The summed E-state index contributed by atoms with van der Waals surface area (Å²) in [5, 5.41) is 1.29. The van der Waals surface area contributed by atoms with Gasteiger partial charge in [0.2, 0.25) is 5.28 Å². The molecule has 33 heavy (non-hydrogen) atoms. The van der Waals surface area contributed by atoms with Gasteiger partial charge in [0.25, 0.3) is 0 Å². The number of amides is 1. The van der Waals surface area contributed by atoms with Crippen LogP contribution in [0.1, 0.15) is 39.2 Å². The van der Waals surface area contributed by atoms with Crippen LogP contribution in [0.25, 0.3) is 10.9 Å². The molecular formula is C24H32ClN5O3. The molecule has 0 N–H and O–H groups in total. The van der Waals surface area contributed by atoms with E-state index in [-0.39, 0.29) is 23.5 Å². The largest absolute Gasteiger partial charge is 0.444 e. The molecule has 0 saturated carbocycles. The molecule has 178 valence electrons. The molecule has 3 fully saturated rings. The first kappa shape index (κ1) is 22.6. The molecule has 2 aromatic rings. The number of hydrogen-bond acceptors (Lipinski definition) is 7. The van der Waals surface area contributed by atoms with Gasteiger partial charge in [0.15, 0.2) is 0 Å². The molecule has 3 saturated heterocycles. The average Bonchev–Trinajstić information content (AvgIpc) is 3.04. The summed E-state index contributed by atoms with van der Waals surface area (Å²) < 4.78 is 11.2. The molecule has 1 aromatic heterocycles. The highest BCUT2D eigenvalue weighted by molar-refractivity contribution is 6.28. The summed E-state index contributed by atoms with van der Waals surface area (Å²) in [5.74, 6) is 0.880. The number of aromatic nitrogens is 2. The van der Waals surface area contributed by atoms with E-state index in [1.54, 1.807) is 0 Å². The van der Waals surface area contributed by atoms with Crippen LogP contribution in [-0.2, 0) is 16.0 Å². The lowest BCUT2D eigenvalue weighted by molar-refractivity contribution is -0.00541. The zero-order valence-corrected chi connectivity index (χ0v) is 20.3. The number of nitrogens with zero attached hydrogens (tertiary/aromatic N) is 5. The molecule has 1 amide bonds. The summed E-state index contributed by atoms with van der Waals surface area (Å²) in [6, 6.07) is 6.78. The minimum absolute atomic E-state index is 0.176. The van der Waals surface area contributed by atoms with E-state index >= 15 is 0 Å². The standard InChI is InChI=1S/C24H32ClN5O3/c1-24(2,3)33-23(31)30-17-5-6-18(30)15-28(14-17)13-16-4-7-20-19(12-16)21(27-22(25)26-20)29-8-10-32-11-9-29/h4,7,12,17-18H,5-6,8-11,13-15H2,1-3H3. The summed E-state index contributed by atoms with van der Waals surface area (Å²) >= 11 is 6.23. The second-order valence-electron chi connectivity index (χ2n) is 10.2. The van der Waals surface area contributed by atoms with Crippen LogP contribution < -0.4 is 4.90 Å². The molecule has 2 bridgehead atoms. The van der Waals surface area contributed by atoms with E-state index in [2.05, 4.69) is 31.9 Å². The number of rotatable bonds is 3. The maximum absolute atomic E-state index is 12.7. The van der Waals surface area contributed by atoms with Crippen LogP contribution in [0, 0.1) is 0 Å². The van der Waals surface area contributed by atoms with Crippen LogP contribution in [0.2, 0.25) is 5.28 Å². The van der Waals surface area contributed by atoms with Gasteiger partial charge in [0, 0.05) is 50.2 Å². The Bertz CT molecular complexity index is 1020. The molecule has 1 aromatic carbocycles. The number of morpholine rings is 1. The van der Waals surface area contributed by atoms with Crippen LogP contribution in [-0.4, -0.2) is 82.9 Å². The zero-order chi connectivity index (χ0) is 23.2. The number of carbonyl (C=O) groups excluding carboxylic acids is 1. The third kappa shape index (κ3) is 4.88. The van der Waals surface area contributed by atoms with Crippen molar-refractivity contribution in [3.8, 4) is 0 Å². The summed E-state index contributed by atoms with van der Waals surface area (Å²) in [6.07, 6.45) is 1.89. The van der Waals surface area contributed by atoms with Crippen molar-refractivity contribution in [1.82, 2.24) is 19.8 Å². The number of anilines is 1. The second-order valence-corrected chi connectivity index (χ2v) is 10.6. The Labute approximate surface area is 199 Å². The summed E-state index contributed by atoms with van der Waals surface area (Å²) in [4.78, 5) is 28.4. The van der Waals surface area contributed by atoms with Crippen molar-refractivity contribution in [1.29, 1.82) is 0 Å². The quantitative estimate of drug-likeness (QED) is 0.629. The third-order valence-corrected chi connectivity index (χ3v) is 6.76. The number of piperazine rings is 1. The molecule has 4 heterocycles. The number of benzene rings is 1. The van der Waals surface area contributed by atoms with E-state index in [0.717, 1.165) is 62.3 Å². The Morgan fingerprint density at radius 1 is 1.15 bits per heavy atom. The predicted octanol–water partition coefficient (Wildman–Crippen LogP) is 3.70. The maximum Gasteiger partial charge on any atom is 0.410 e. The van der Waals surface area contributed by atoms with Gasteiger partial charge in [-0.3, -0.25) is 9.80 Å². The topological polar surface area (TPSA) is 71.0 Å². The molecule has 2 atom stereocenters. The van der Waals surface area contributed by atoms with Gasteiger partial charge in [-0.15, -0.1) is 0 Å². The van der Waals surface area contributed by atoms with Gasteiger partial charge >= 0.3 is 6.09 Å². The van der Waals surface area contributed by atoms with Crippen LogP contribution in [0.5, 0.6) is 0 Å². The zero-order valence-electron chi connectivity index (χ0n) is 19.6. The number of halogens is 1. The molecule has 2 unspecified atom stereocenters. The van der Waals surface area contributed by atoms with E-state index in [9.17, 15) is 4.79 Å². The minimum Gasteiger partial charge on any atom is -0.444 e. The van der Waals surface area contributed by atoms with Gasteiger partial charge in [-0.2, -0.15) is 4.98 Å². The fourth-order valence-corrected chi connectivity index (χ4v) is 5.41. The highest BCUT2D eigenvalue weighted by Crippen LogP contribution is 2.33. The fourth-order valence-electron chi connectivity index (χ4n) is 5.24. The van der Waals surface area contributed by atoms with Crippen LogP contribution in [0.4, 0.5) is 10.6 Å². The molecule has 0 aliphatic carbocycles. The Morgan fingerprint density at radius 3 is 2.52 bits per heavy atom. The molecule has 3 aliphatic rings. The lowest BCUT2D eigenvalue weighted by Crippen LogP contribution is -2.56. The first-order chi connectivity index (χ1) is 15.8. The van der Waals surface area contributed by atoms with Gasteiger partial charge in [-0.1, -0.05) is 6.07 Å². The van der Waals surface area contributed by atoms with Crippen molar-refractivity contribution in [2.75, 3.05) is 44.3 Å². The van der Waals surface area contributed by atoms with E-state index < -0.39 is 5.60 Å². The van der Waals surface area contributed by atoms with Crippen molar-refractivity contribution < 1.29 is 14.3 Å². The van der Waals surface area contributed by atoms with E-state index in [1.165, 1.54) is 5.56 Å². The average molecular weight is 474 g/mol. The summed E-state index contributed by atoms with van der Waals surface area (Å²) in [6.45, 7) is 11.3. The molecule has 5 rings (SSSR count). The van der Waals surface area contributed by atoms with Gasteiger partial charge in [0.05, 0.1) is 18.7 Å². The first-order valence-corrected chi connectivity index (χ1v) is 12.2. The van der Waals surface area contributed by atoms with Crippen molar-refractivity contribution >= 4 is 34.4 Å². The lowest BCUT2D eigenvalue weighted by atomic mass is 10.1. The Balaban J connectivity index is 1.33. The summed E-state index contributed by atoms with van der Waals surface area (Å²) in [7, 11) is 0. The molecule has 0 spiro atoms. The van der Waals surface area contributed by atoms with Crippen molar-refractivity contribution in [2.24, 2.45) is 0 Å². The number of carbonyl (C=O) groups is 1. The third-order valence-electron chi connectivity index (χ3n) is 6.59. The van der Waals surface area contributed by atoms with E-state index in [1.807, 2.05) is 31.7 Å². The Hall–Kier alpha value is -2.16. The van der Waals surface area contributed by atoms with Crippen LogP contribution >= 0.6 is 11.6 Å². The molecule has 0 radical (unpaired) electrons. The maximum atomic E-state index is 12.7. The SMILES string of the molecule is CC(C)(C)OC(=O)N1C2CCC1CN(Cc1ccc3nc(Cl)nc(N4CCOCC4)c3c1)C2. The predicted molar refractivity (Wildman–Crippen MR) is 128 cm³/mol. The van der Waals surface area contributed by atoms with Gasteiger partial charge in [-0.05, 0) is 62.9 Å². The lowest BCUT2D eigenvalue weighted by Gasteiger charge is -2.41. The van der Waals surface area contributed by atoms with E-state index in [4.69, 9.17) is 21.1 Å². The smallest absolute Gasteiger partial charge is 0.410 e. The van der Waals surface area contributed by atoms with Crippen LogP contribution in [0.3, 0.4) is 0 Å². The number of likely N-dealkylation sites (tertiary alicyclic amines) is 1. The highest BCUT2D eigenvalue weighted by atomic mass is 35.5. The van der Waals surface area contributed by atoms with Gasteiger partial charge in [-0.25, -0.2) is 9.78 Å². The van der Waals surface area contributed by atoms with E-state index in [0.29, 0.717) is 13.2 Å². The van der Waals surface area contributed by atoms with Crippen molar-refractivity contribution in [3.05, 3.63) is 29.0 Å². The molecule has 9 heteroatoms. The van der Waals surface area contributed by atoms with Gasteiger partial charge < -0.3 is 14.4 Å². The summed E-state index contributed by atoms with van der Waals surface area (Å²) in [5.41, 5.74) is 1.60. The highest BCUT2D eigenvalue weighted by Gasteiger charge is 2.44. The van der Waals surface area contributed by atoms with Crippen LogP contribution in [0.15, 0.2) is 18.2 Å². The molecular weight excluding hydrogens is 442 g/mol. The Morgan fingerprint density at radius 2 is 1.85 bits per heavy atom. The second kappa shape index (κ2) is 8.89. The van der Waals surface area contributed by atoms with Crippen molar-refractivity contribution in [2.45, 2.75) is 57.8 Å². The Kier molecular flexibility index (Phi) is 6.09.